The molecule has 0 radical (unpaired) electrons. The number of carbonyl (C=O) groups is 1. The molecule has 0 fully saturated rings. The van der Waals surface area contributed by atoms with Crippen LogP contribution in [-0.2, 0) is 85.3 Å². The molecule has 426 valence electrons. The first-order valence-electron chi connectivity index (χ1n) is 26.0. The number of aliphatic carboxylic acids is 1. The molecule has 0 amide bonds. The zero-order chi connectivity index (χ0) is 53.1. The number of rotatable bonds is 56. The minimum absolute atomic E-state index is 0.00823. The Hall–Kier alpha value is -3.36. The molecule has 75 heavy (non-hydrogen) atoms. The Morgan fingerprint density at radius 1 is 0.333 bits per heavy atom. The van der Waals surface area contributed by atoms with Crippen LogP contribution in [0.5, 0.6) is 5.75 Å². The highest BCUT2D eigenvalue weighted by atomic mass is 32.2. The number of thioether (sulfide) groups is 1. The van der Waals surface area contributed by atoms with E-state index in [0.717, 1.165) is 11.5 Å². The number of methoxy groups -OCH3 is 1. The SMILES string of the molecule is COc1ccc(C(SCCOCCOCCOCCOCCOCCOCCOCCOCCOCCOCCOCCOCCOCCOCCOCCOCCC(=O)O)(c2ccccc2)c2ccccc2)cc1. The Balaban J connectivity index is 0.957. The first-order valence-corrected chi connectivity index (χ1v) is 27.0. The quantitative estimate of drug-likeness (QED) is 0.0553. The van der Waals surface area contributed by atoms with Gasteiger partial charge in [0.2, 0.25) is 0 Å². The average Bonchev–Trinajstić information content (AvgIpc) is 3.44. The minimum Gasteiger partial charge on any atom is -0.497 e. The summed E-state index contributed by atoms with van der Waals surface area (Å²) in [6, 6.07) is 29.6. The van der Waals surface area contributed by atoms with E-state index in [1.807, 2.05) is 23.9 Å². The fourth-order valence-electron chi connectivity index (χ4n) is 6.74. The second-order valence-corrected chi connectivity index (χ2v) is 17.2. The molecule has 20 heteroatoms. The second kappa shape index (κ2) is 49.0. The number of benzene rings is 3. The Morgan fingerprint density at radius 2 is 0.560 bits per heavy atom. The minimum atomic E-state index is -0.878. The molecule has 0 aliphatic heterocycles. The van der Waals surface area contributed by atoms with Crippen LogP contribution in [0.2, 0.25) is 0 Å². The molecule has 1 N–H and O–H groups in total. The van der Waals surface area contributed by atoms with Crippen LogP contribution in [0.4, 0.5) is 0 Å². The van der Waals surface area contributed by atoms with E-state index in [9.17, 15) is 4.79 Å². The van der Waals surface area contributed by atoms with Crippen LogP contribution >= 0.6 is 11.8 Å². The van der Waals surface area contributed by atoms with Crippen molar-refractivity contribution in [2.75, 3.05) is 224 Å². The zero-order valence-electron chi connectivity index (χ0n) is 44.3. The molecule has 0 bridgehead atoms. The van der Waals surface area contributed by atoms with Crippen molar-refractivity contribution in [2.45, 2.75) is 11.2 Å². The number of ether oxygens (including phenoxy) is 17. The summed E-state index contributed by atoms with van der Waals surface area (Å²) in [5.41, 5.74) is 3.61. The summed E-state index contributed by atoms with van der Waals surface area (Å²) in [6.45, 7) is 15.0. The molecule has 19 nitrogen and oxygen atoms in total. The lowest BCUT2D eigenvalue weighted by Gasteiger charge is -2.35. The fraction of sp³-hybridized carbons (Fsp3) is 0.655. The lowest BCUT2D eigenvalue weighted by molar-refractivity contribution is -0.138. The molecule has 0 aliphatic carbocycles. The summed E-state index contributed by atoms with van der Waals surface area (Å²) in [5, 5.41) is 8.52. The van der Waals surface area contributed by atoms with Gasteiger partial charge in [-0.05, 0) is 28.8 Å². The van der Waals surface area contributed by atoms with E-state index < -0.39 is 10.7 Å². The van der Waals surface area contributed by atoms with Crippen LogP contribution < -0.4 is 4.74 Å². The Bertz CT molecular complexity index is 1640. The first kappa shape index (κ1) is 65.9. The molecule has 0 aliphatic rings. The van der Waals surface area contributed by atoms with E-state index in [2.05, 4.69) is 72.8 Å². The van der Waals surface area contributed by atoms with Gasteiger partial charge in [0, 0.05) is 5.75 Å². The molecule has 0 heterocycles. The monoisotopic (exact) mass is 1080 g/mol. The predicted octanol–water partition coefficient (Wildman–Crippen LogP) is 5.46. The highest BCUT2D eigenvalue weighted by molar-refractivity contribution is 8.00. The fourth-order valence-corrected chi connectivity index (χ4v) is 8.15. The predicted molar refractivity (Wildman–Crippen MR) is 284 cm³/mol. The summed E-state index contributed by atoms with van der Waals surface area (Å²) in [4.78, 5) is 10.4. The molecular formula is C55H86O19S. The maximum Gasteiger partial charge on any atom is 0.305 e. The molecule has 0 spiro atoms. The standard InChI is InChI=1S/C55H86O19S/c1-58-53-14-12-52(13-15-53)55(50-8-4-2-5-9-50,51-10-6-3-7-11-51)75-49-48-74-47-46-73-45-44-72-43-42-71-41-40-70-39-38-69-37-36-68-35-34-67-33-32-66-31-30-65-29-28-64-27-26-63-25-24-62-23-22-61-21-20-60-19-18-59-17-16-54(56)57/h2-15H,16-49H2,1H3,(H,56,57). The molecule has 0 atom stereocenters. The van der Waals surface area contributed by atoms with Gasteiger partial charge in [0.25, 0.3) is 0 Å². The normalized spacial score (nSPS) is 11.7. The summed E-state index contributed by atoms with van der Waals surface area (Å²) >= 11 is 1.87. The summed E-state index contributed by atoms with van der Waals surface area (Å²) in [5.74, 6) is 0.745. The van der Waals surface area contributed by atoms with Gasteiger partial charge in [-0.15, -0.1) is 11.8 Å². The third kappa shape index (κ3) is 34.9. The van der Waals surface area contributed by atoms with Crippen molar-refractivity contribution in [3.05, 3.63) is 102 Å². The van der Waals surface area contributed by atoms with Gasteiger partial charge < -0.3 is 85.6 Å². The van der Waals surface area contributed by atoms with Crippen LogP contribution in [0.15, 0.2) is 84.9 Å². The van der Waals surface area contributed by atoms with Gasteiger partial charge in [0.15, 0.2) is 0 Å². The molecule has 3 rings (SSSR count). The van der Waals surface area contributed by atoms with E-state index in [-0.39, 0.29) is 13.0 Å². The maximum atomic E-state index is 10.4. The Kier molecular flexibility index (Phi) is 43.0. The van der Waals surface area contributed by atoms with Crippen LogP contribution in [0.1, 0.15) is 23.1 Å². The van der Waals surface area contributed by atoms with Crippen LogP contribution in [0, 0.1) is 0 Å². The average molecular weight is 1080 g/mol. The third-order valence-electron chi connectivity index (χ3n) is 10.4. The summed E-state index contributed by atoms with van der Waals surface area (Å²) < 4.78 is 93.5. The third-order valence-corrected chi connectivity index (χ3v) is 12.0. The van der Waals surface area contributed by atoms with Crippen molar-refractivity contribution in [1.29, 1.82) is 0 Å². The van der Waals surface area contributed by atoms with Crippen molar-refractivity contribution in [2.24, 2.45) is 0 Å². The van der Waals surface area contributed by atoms with Gasteiger partial charge in [0.1, 0.15) is 5.75 Å². The zero-order valence-corrected chi connectivity index (χ0v) is 45.1. The molecule has 0 unspecified atom stereocenters. The van der Waals surface area contributed by atoms with Crippen molar-refractivity contribution >= 4 is 17.7 Å². The largest absolute Gasteiger partial charge is 0.497 e. The van der Waals surface area contributed by atoms with E-state index in [1.165, 1.54) is 16.7 Å². The topological polar surface area (TPSA) is 194 Å². The van der Waals surface area contributed by atoms with E-state index in [4.69, 9.17) is 85.6 Å². The van der Waals surface area contributed by atoms with Gasteiger partial charge in [-0.2, -0.15) is 0 Å². The van der Waals surface area contributed by atoms with Gasteiger partial charge in [-0.1, -0.05) is 72.8 Å². The van der Waals surface area contributed by atoms with Crippen molar-refractivity contribution in [1.82, 2.24) is 0 Å². The molecule has 0 saturated carbocycles. The Morgan fingerprint density at radius 3 is 0.800 bits per heavy atom. The summed E-state index contributed by atoms with van der Waals surface area (Å²) in [6.07, 6.45) is -0.00823. The van der Waals surface area contributed by atoms with E-state index >= 15 is 0 Å². The van der Waals surface area contributed by atoms with E-state index in [1.54, 1.807) is 7.11 Å². The molecule has 3 aromatic carbocycles. The lowest BCUT2D eigenvalue weighted by Crippen LogP contribution is -2.27. The van der Waals surface area contributed by atoms with Crippen molar-refractivity contribution in [3.63, 3.8) is 0 Å². The van der Waals surface area contributed by atoms with Gasteiger partial charge in [0.05, 0.1) is 230 Å². The highest BCUT2D eigenvalue weighted by Crippen LogP contribution is 2.48. The van der Waals surface area contributed by atoms with Crippen LogP contribution in [0.25, 0.3) is 0 Å². The molecule has 0 saturated heterocycles. The van der Waals surface area contributed by atoms with Gasteiger partial charge in [-0.25, -0.2) is 0 Å². The second-order valence-electron chi connectivity index (χ2n) is 15.9. The van der Waals surface area contributed by atoms with Crippen LogP contribution in [-0.4, -0.2) is 235 Å². The highest BCUT2D eigenvalue weighted by Gasteiger charge is 2.36. The van der Waals surface area contributed by atoms with Crippen molar-refractivity contribution < 1.29 is 90.4 Å². The number of hydrogen-bond donors (Lipinski definition) is 1. The smallest absolute Gasteiger partial charge is 0.305 e. The van der Waals surface area contributed by atoms with Gasteiger partial charge in [-0.3, -0.25) is 4.79 Å². The van der Waals surface area contributed by atoms with Crippen molar-refractivity contribution in [3.8, 4) is 5.75 Å². The number of carboxylic acid groups (broad SMARTS) is 1. The van der Waals surface area contributed by atoms with Gasteiger partial charge >= 0.3 is 5.97 Å². The molecule has 0 aromatic heterocycles. The Labute approximate surface area is 449 Å². The van der Waals surface area contributed by atoms with Crippen LogP contribution in [0.3, 0.4) is 0 Å². The van der Waals surface area contributed by atoms with E-state index in [0.29, 0.717) is 205 Å². The molecule has 3 aromatic rings. The number of carboxylic acids is 1. The first-order chi connectivity index (χ1) is 37.2. The molecular weight excluding hydrogens is 997 g/mol. The summed E-state index contributed by atoms with van der Waals surface area (Å²) in [7, 11) is 1.69. The number of hydrogen-bond acceptors (Lipinski definition) is 19. The lowest BCUT2D eigenvalue weighted by atomic mass is 9.84. The maximum absolute atomic E-state index is 10.4.